The summed E-state index contributed by atoms with van der Waals surface area (Å²) in [4.78, 5) is 11.6. The van der Waals surface area contributed by atoms with Gasteiger partial charge in [0.25, 0.3) is 5.91 Å². The molecule has 0 atom stereocenters. The smallest absolute Gasteiger partial charge is 0.321 e. The molecule has 0 aliphatic carbocycles. The van der Waals surface area contributed by atoms with E-state index in [1.165, 1.54) is 24.3 Å². The molecule has 0 aromatic heterocycles. The predicted octanol–water partition coefficient (Wildman–Crippen LogP) is 3.56. The van der Waals surface area contributed by atoms with E-state index in [0.717, 1.165) is 6.07 Å². The van der Waals surface area contributed by atoms with Crippen molar-refractivity contribution >= 4 is 33.4 Å². The fourth-order valence-electron chi connectivity index (χ4n) is 1.85. The van der Waals surface area contributed by atoms with Crippen molar-refractivity contribution in [2.45, 2.75) is 11.8 Å². The third-order valence-corrected chi connectivity index (χ3v) is 3.95. The normalized spacial score (nSPS) is 11.2. The average Bonchev–Trinajstić information content (AvgIpc) is 2.37. The minimum atomic E-state index is -4.91. The number of amides is 1. The Kier molecular flexibility index (Phi) is 4.29. The summed E-state index contributed by atoms with van der Waals surface area (Å²) in [5, 5.41) is 2.87. The Morgan fingerprint density at radius 3 is 2.48 bits per heavy atom. The maximum atomic E-state index is 13.2. The molecule has 0 saturated carbocycles. The molecule has 0 aliphatic heterocycles. The van der Waals surface area contributed by atoms with Crippen molar-refractivity contribution in [3.05, 3.63) is 58.6 Å². The predicted molar refractivity (Wildman–Crippen MR) is 78.9 cm³/mol. The summed E-state index contributed by atoms with van der Waals surface area (Å²) in [6, 6.07) is 9.93. The van der Waals surface area contributed by atoms with Gasteiger partial charge < -0.3 is 5.32 Å². The highest BCUT2D eigenvalue weighted by Crippen LogP contribution is 2.24. The van der Waals surface area contributed by atoms with Crippen LogP contribution in [-0.4, -0.2) is 14.3 Å². The molecule has 2 aromatic rings. The number of rotatable bonds is 3. The third kappa shape index (κ3) is 3.59. The molecular weight excluding hydrogens is 317 g/mol. The van der Waals surface area contributed by atoms with Crippen molar-refractivity contribution in [1.29, 1.82) is 0 Å². The molecule has 0 saturated heterocycles. The van der Waals surface area contributed by atoms with E-state index in [0.29, 0.717) is 16.1 Å². The van der Waals surface area contributed by atoms with Crippen LogP contribution in [0.4, 0.5) is 9.57 Å². The Morgan fingerprint density at radius 1 is 1.19 bits per heavy atom. The molecular formula is C14H11ClFNO3S. The minimum Gasteiger partial charge on any atom is -0.321 e. The summed E-state index contributed by atoms with van der Waals surface area (Å²) in [6.45, 7) is 1.69. The number of para-hydroxylation sites is 1. The number of carbonyl (C=O) groups is 1. The van der Waals surface area contributed by atoms with E-state index in [1.807, 2.05) is 0 Å². The Labute approximate surface area is 126 Å². The molecule has 0 radical (unpaired) electrons. The molecule has 0 bridgehead atoms. The zero-order valence-electron chi connectivity index (χ0n) is 10.9. The Morgan fingerprint density at radius 2 is 1.86 bits per heavy atom. The van der Waals surface area contributed by atoms with Crippen LogP contribution >= 0.6 is 11.6 Å². The Bertz CT molecular complexity index is 806. The minimum absolute atomic E-state index is 0.112. The zero-order chi connectivity index (χ0) is 15.6. The largest absolute Gasteiger partial charge is 0.334 e. The van der Waals surface area contributed by atoms with Crippen LogP contribution in [0.3, 0.4) is 0 Å². The molecule has 1 amide bonds. The molecule has 0 fully saturated rings. The number of benzene rings is 2. The second-order valence-corrected chi connectivity index (χ2v) is 6.10. The van der Waals surface area contributed by atoms with Crippen LogP contribution in [-0.2, 0) is 10.2 Å². The van der Waals surface area contributed by atoms with Crippen LogP contribution in [0.15, 0.2) is 47.4 Å². The first-order valence-corrected chi connectivity index (χ1v) is 7.66. The van der Waals surface area contributed by atoms with Crippen molar-refractivity contribution in [1.82, 2.24) is 0 Å². The van der Waals surface area contributed by atoms with E-state index in [4.69, 9.17) is 11.6 Å². The molecule has 2 aromatic carbocycles. The van der Waals surface area contributed by atoms with Gasteiger partial charge in [-0.15, -0.1) is 3.89 Å². The fraction of sp³-hybridized carbons (Fsp3) is 0.0714. The quantitative estimate of drug-likeness (QED) is 0.877. The van der Waals surface area contributed by atoms with Crippen LogP contribution < -0.4 is 5.32 Å². The van der Waals surface area contributed by atoms with Crippen molar-refractivity contribution < 1.29 is 17.1 Å². The molecule has 110 valence electrons. The molecule has 21 heavy (non-hydrogen) atoms. The van der Waals surface area contributed by atoms with Gasteiger partial charge in [-0.3, -0.25) is 4.79 Å². The standard InChI is InChI=1S/C14H11ClFNO3S/c1-9-8-10(15)6-7-11(9)14(18)17-12-4-2-3-5-13(12)21(16,19)20/h2-8H,1H3,(H,17,18). The Hall–Kier alpha value is -1.92. The van der Waals surface area contributed by atoms with Crippen LogP contribution in [0.1, 0.15) is 15.9 Å². The zero-order valence-corrected chi connectivity index (χ0v) is 12.5. The van der Waals surface area contributed by atoms with Gasteiger partial charge in [-0.05, 0) is 42.8 Å². The molecule has 4 nitrogen and oxygen atoms in total. The SMILES string of the molecule is Cc1cc(Cl)ccc1C(=O)Nc1ccccc1S(=O)(=O)F. The lowest BCUT2D eigenvalue weighted by Gasteiger charge is -2.10. The van der Waals surface area contributed by atoms with Gasteiger partial charge in [-0.25, -0.2) is 0 Å². The van der Waals surface area contributed by atoms with Crippen LogP contribution in [0.2, 0.25) is 5.02 Å². The van der Waals surface area contributed by atoms with Crippen LogP contribution in [0.5, 0.6) is 0 Å². The number of halogens is 2. The molecule has 0 aliphatic rings. The molecule has 2 rings (SSSR count). The molecule has 0 heterocycles. The summed E-state index contributed by atoms with van der Waals surface area (Å²) >= 11 is 5.81. The van der Waals surface area contributed by atoms with Gasteiger partial charge in [-0.2, -0.15) is 8.42 Å². The lowest BCUT2D eigenvalue weighted by molar-refractivity contribution is 0.102. The lowest BCUT2D eigenvalue weighted by atomic mass is 10.1. The fourth-order valence-corrected chi connectivity index (χ4v) is 2.70. The molecule has 1 N–H and O–H groups in total. The van der Waals surface area contributed by atoms with E-state index in [2.05, 4.69) is 5.32 Å². The maximum Gasteiger partial charge on any atom is 0.334 e. The van der Waals surface area contributed by atoms with Gasteiger partial charge in [0.2, 0.25) is 0 Å². The van der Waals surface area contributed by atoms with E-state index in [-0.39, 0.29) is 5.69 Å². The van der Waals surface area contributed by atoms with E-state index >= 15 is 0 Å². The van der Waals surface area contributed by atoms with Crippen LogP contribution in [0, 0.1) is 6.92 Å². The van der Waals surface area contributed by atoms with E-state index in [9.17, 15) is 17.1 Å². The summed E-state index contributed by atoms with van der Waals surface area (Å²) < 4.78 is 35.3. The highest BCUT2D eigenvalue weighted by molar-refractivity contribution is 7.86. The third-order valence-electron chi connectivity index (χ3n) is 2.83. The van der Waals surface area contributed by atoms with Crippen molar-refractivity contribution in [3.8, 4) is 0 Å². The highest BCUT2D eigenvalue weighted by atomic mass is 35.5. The lowest BCUT2D eigenvalue weighted by Crippen LogP contribution is -2.15. The summed E-state index contributed by atoms with van der Waals surface area (Å²) in [5.74, 6) is -0.541. The average molecular weight is 328 g/mol. The number of carbonyl (C=O) groups excluding carboxylic acids is 1. The molecule has 0 unspecified atom stereocenters. The number of anilines is 1. The second-order valence-electron chi connectivity index (χ2n) is 4.35. The summed E-state index contributed by atoms with van der Waals surface area (Å²) in [7, 11) is -4.91. The van der Waals surface area contributed by atoms with Crippen LogP contribution in [0.25, 0.3) is 0 Å². The van der Waals surface area contributed by atoms with Crippen molar-refractivity contribution in [2.75, 3.05) is 5.32 Å². The van der Waals surface area contributed by atoms with Gasteiger partial charge in [0.15, 0.2) is 0 Å². The molecule has 0 spiro atoms. The maximum absolute atomic E-state index is 13.2. The monoisotopic (exact) mass is 327 g/mol. The van der Waals surface area contributed by atoms with Gasteiger partial charge in [0, 0.05) is 10.6 Å². The topological polar surface area (TPSA) is 63.2 Å². The van der Waals surface area contributed by atoms with Gasteiger partial charge in [0.1, 0.15) is 4.90 Å². The first-order valence-electron chi connectivity index (χ1n) is 5.90. The van der Waals surface area contributed by atoms with E-state index in [1.54, 1.807) is 19.1 Å². The second kappa shape index (κ2) is 5.83. The summed E-state index contributed by atoms with van der Waals surface area (Å²) in [5.41, 5.74) is 0.838. The number of nitrogens with one attached hydrogen (secondary N) is 1. The first kappa shape index (κ1) is 15.5. The number of aryl methyl sites for hydroxylation is 1. The van der Waals surface area contributed by atoms with Crippen molar-refractivity contribution in [2.24, 2.45) is 0 Å². The highest BCUT2D eigenvalue weighted by Gasteiger charge is 2.19. The van der Waals surface area contributed by atoms with Gasteiger partial charge in [-0.1, -0.05) is 23.7 Å². The van der Waals surface area contributed by atoms with Gasteiger partial charge in [0.05, 0.1) is 5.69 Å². The first-order chi connectivity index (χ1) is 9.79. The van der Waals surface area contributed by atoms with Crippen molar-refractivity contribution in [3.63, 3.8) is 0 Å². The van der Waals surface area contributed by atoms with E-state index < -0.39 is 21.0 Å². The number of hydrogen-bond acceptors (Lipinski definition) is 3. The Balaban J connectivity index is 2.37. The number of hydrogen-bond donors (Lipinski definition) is 1. The summed E-state index contributed by atoms with van der Waals surface area (Å²) in [6.07, 6.45) is 0. The molecule has 7 heteroatoms. The van der Waals surface area contributed by atoms with Gasteiger partial charge >= 0.3 is 10.2 Å².